The highest BCUT2D eigenvalue weighted by atomic mass is 32.2. The third-order valence-electron chi connectivity index (χ3n) is 5.63. The van der Waals surface area contributed by atoms with E-state index < -0.39 is 15.9 Å². The largest absolute Gasteiger partial charge is 0.324 e. The summed E-state index contributed by atoms with van der Waals surface area (Å²) in [5, 5.41) is 2.95. The van der Waals surface area contributed by atoms with Gasteiger partial charge in [0.15, 0.2) is 9.84 Å². The summed E-state index contributed by atoms with van der Waals surface area (Å²) in [5.74, 6) is 0.0335. The number of carbonyl (C=O) groups excluding carboxylic acids is 2. The fourth-order valence-corrected chi connectivity index (χ4v) is 5.23. The number of hydrogen-bond acceptors (Lipinski definition) is 5. The molecule has 0 aliphatic carbocycles. The molecule has 0 aromatic heterocycles. The van der Waals surface area contributed by atoms with Crippen LogP contribution in [0.3, 0.4) is 0 Å². The molecule has 1 unspecified atom stereocenters. The zero-order valence-electron chi connectivity index (χ0n) is 16.7. The Morgan fingerprint density at radius 3 is 2.20 bits per heavy atom. The van der Waals surface area contributed by atoms with Crippen molar-refractivity contribution in [2.45, 2.75) is 18.9 Å². The molecule has 158 valence electrons. The highest BCUT2D eigenvalue weighted by molar-refractivity contribution is 7.91. The van der Waals surface area contributed by atoms with Crippen LogP contribution in [0.15, 0.2) is 54.6 Å². The van der Waals surface area contributed by atoms with Gasteiger partial charge in [-0.05, 0) is 36.2 Å². The van der Waals surface area contributed by atoms with Crippen LogP contribution in [0.25, 0.3) is 0 Å². The zero-order valence-corrected chi connectivity index (χ0v) is 17.5. The highest BCUT2D eigenvalue weighted by Crippen LogP contribution is 2.26. The summed E-state index contributed by atoms with van der Waals surface area (Å²) in [7, 11) is -3.04. The van der Waals surface area contributed by atoms with E-state index in [0.717, 1.165) is 24.2 Å². The number of rotatable bonds is 5. The molecular weight excluding hydrogens is 402 g/mol. The van der Waals surface area contributed by atoms with Crippen molar-refractivity contribution >= 4 is 33.0 Å². The van der Waals surface area contributed by atoms with Gasteiger partial charge in [-0.3, -0.25) is 14.5 Å². The number of nitrogens with one attached hydrogen (secondary N) is 1. The molecule has 7 nitrogen and oxygen atoms in total. The SMILES string of the molecule is O=C(Nc1ccc(N2CCCC2=O)cc1)C(c1ccccc1)N1CCS(=O)(=O)CC1. The molecule has 2 aromatic carbocycles. The Balaban J connectivity index is 1.51. The minimum absolute atomic E-state index is 0.0577. The fourth-order valence-electron chi connectivity index (χ4n) is 4.00. The van der Waals surface area contributed by atoms with Crippen LogP contribution < -0.4 is 10.2 Å². The van der Waals surface area contributed by atoms with Crippen molar-refractivity contribution in [3.63, 3.8) is 0 Å². The summed E-state index contributed by atoms with van der Waals surface area (Å²) in [6.45, 7) is 1.37. The molecule has 2 heterocycles. The molecule has 1 atom stereocenters. The van der Waals surface area contributed by atoms with E-state index in [9.17, 15) is 18.0 Å². The molecule has 8 heteroatoms. The lowest BCUT2D eigenvalue weighted by Crippen LogP contribution is -2.46. The van der Waals surface area contributed by atoms with Crippen molar-refractivity contribution in [2.75, 3.05) is 41.4 Å². The lowest BCUT2D eigenvalue weighted by molar-refractivity contribution is -0.121. The summed E-state index contributed by atoms with van der Waals surface area (Å²) < 4.78 is 23.6. The maximum Gasteiger partial charge on any atom is 0.246 e. The van der Waals surface area contributed by atoms with E-state index in [1.807, 2.05) is 47.4 Å². The van der Waals surface area contributed by atoms with E-state index in [4.69, 9.17) is 0 Å². The second-order valence-corrected chi connectivity index (χ2v) is 9.99. The second-order valence-electron chi connectivity index (χ2n) is 7.69. The minimum Gasteiger partial charge on any atom is -0.324 e. The molecule has 2 fully saturated rings. The Labute approximate surface area is 176 Å². The molecule has 2 aromatic rings. The van der Waals surface area contributed by atoms with E-state index in [-0.39, 0.29) is 23.3 Å². The Morgan fingerprint density at radius 1 is 0.933 bits per heavy atom. The molecule has 1 N–H and O–H groups in total. The van der Waals surface area contributed by atoms with Crippen molar-refractivity contribution in [1.29, 1.82) is 0 Å². The summed E-state index contributed by atoms with van der Waals surface area (Å²) in [6, 6.07) is 16.1. The molecular formula is C22H25N3O4S. The number of nitrogens with zero attached hydrogens (tertiary/aromatic N) is 2. The van der Waals surface area contributed by atoms with Crippen LogP contribution in [0.2, 0.25) is 0 Å². The molecule has 0 bridgehead atoms. The molecule has 0 saturated carbocycles. The van der Waals surface area contributed by atoms with E-state index in [1.54, 1.807) is 17.0 Å². The van der Waals surface area contributed by atoms with E-state index in [2.05, 4.69) is 5.32 Å². The normalized spacial score (nSPS) is 20.1. The van der Waals surface area contributed by atoms with Crippen LogP contribution in [0.4, 0.5) is 11.4 Å². The van der Waals surface area contributed by atoms with Crippen molar-refractivity contribution in [3.8, 4) is 0 Å². The van der Waals surface area contributed by atoms with Crippen LogP contribution >= 0.6 is 0 Å². The monoisotopic (exact) mass is 427 g/mol. The maximum atomic E-state index is 13.2. The Morgan fingerprint density at radius 2 is 1.60 bits per heavy atom. The van der Waals surface area contributed by atoms with Gasteiger partial charge in [0, 0.05) is 37.4 Å². The molecule has 0 radical (unpaired) electrons. The Hall–Kier alpha value is -2.71. The molecule has 0 spiro atoms. The molecule has 2 aliphatic rings. The first-order chi connectivity index (χ1) is 14.4. The summed E-state index contributed by atoms with van der Waals surface area (Å²) in [5.41, 5.74) is 2.30. The average Bonchev–Trinajstić information content (AvgIpc) is 3.17. The third-order valence-corrected chi connectivity index (χ3v) is 7.24. The van der Waals surface area contributed by atoms with Gasteiger partial charge in [0.1, 0.15) is 6.04 Å². The summed E-state index contributed by atoms with van der Waals surface area (Å²) in [6.07, 6.45) is 1.43. The topological polar surface area (TPSA) is 86.8 Å². The molecule has 2 aliphatic heterocycles. The van der Waals surface area contributed by atoms with Crippen LogP contribution in [-0.2, 0) is 19.4 Å². The van der Waals surface area contributed by atoms with Crippen molar-refractivity contribution < 1.29 is 18.0 Å². The molecule has 2 amide bonds. The van der Waals surface area contributed by atoms with Gasteiger partial charge in [-0.1, -0.05) is 30.3 Å². The Bertz CT molecular complexity index is 1010. The molecule has 4 rings (SSSR count). The predicted octanol–water partition coefficient (Wildman–Crippen LogP) is 2.22. The number of hydrogen-bond donors (Lipinski definition) is 1. The second kappa shape index (κ2) is 8.57. The Kier molecular flexibility index (Phi) is 5.87. The first-order valence-electron chi connectivity index (χ1n) is 10.1. The van der Waals surface area contributed by atoms with Crippen LogP contribution in [0, 0.1) is 0 Å². The maximum absolute atomic E-state index is 13.2. The zero-order chi connectivity index (χ0) is 21.1. The van der Waals surface area contributed by atoms with Crippen molar-refractivity contribution in [3.05, 3.63) is 60.2 Å². The average molecular weight is 428 g/mol. The van der Waals surface area contributed by atoms with Gasteiger partial charge in [0.2, 0.25) is 11.8 Å². The fraction of sp³-hybridized carbons (Fsp3) is 0.364. The third kappa shape index (κ3) is 4.55. The highest BCUT2D eigenvalue weighted by Gasteiger charge is 2.32. The van der Waals surface area contributed by atoms with Gasteiger partial charge in [-0.2, -0.15) is 0 Å². The number of benzene rings is 2. The van der Waals surface area contributed by atoms with Gasteiger partial charge >= 0.3 is 0 Å². The first-order valence-corrected chi connectivity index (χ1v) is 12.0. The predicted molar refractivity (Wildman–Crippen MR) is 116 cm³/mol. The van der Waals surface area contributed by atoms with E-state index in [1.165, 1.54) is 0 Å². The van der Waals surface area contributed by atoms with Gasteiger partial charge in [0.25, 0.3) is 0 Å². The smallest absolute Gasteiger partial charge is 0.246 e. The lowest BCUT2D eigenvalue weighted by Gasteiger charge is -2.33. The van der Waals surface area contributed by atoms with Crippen LogP contribution in [0.1, 0.15) is 24.4 Å². The van der Waals surface area contributed by atoms with Crippen molar-refractivity contribution in [1.82, 2.24) is 4.90 Å². The van der Waals surface area contributed by atoms with Crippen LogP contribution in [-0.4, -0.2) is 56.3 Å². The number of carbonyl (C=O) groups is 2. The lowest BCUT2D eigenvalue weighted by atomic mass is 10.0. The quantitative estimate of drug-likeness (QED) is 0.791. The van der Waals surface area contributed by atoms with E-state index >= 15 is 0 Å². The minimum atomic E-state index is -3.04. The van der Waals surface area contributed by atoms with Gasteiger partial charge in [-0.25, -0.2) is 8.42 Å². The molecule has 30 heavy (non-hydrogen) atoms. The van der Waals surface area contributed by atoms with Gasteiger partial charge in [0.05, 0.1) is 11.5 Å². The standard InChI is InChI=1S/C22H25N3O4S/c26-20-7-4-12-25(20)19-10-8-18(9-11-19)23-22(27)21(17-5-2-1-3-6-17)24-13-15-30(28,29)16-14-24/h1-3,5-6,8-11,21H,4,7,12-16H2,(H,23,27). The van der Waals surface area contributed by atoms with Gasteiger partial charge in [-0.15, -0.1) is 0 Å². The summed E-state index contributed by atoms with van der Waals surface area (Å²) in [4.78, 5) is 28.8. The van der Waals surface area contributed by atoms with Crippen molar-refractivity contribution in [2.24, 2.45) is 0 Å². The first kappa shape index (κ1) is 20.6. The van der Waals surface area contributed by atoms with E-state index in [0.29, 0.717) is 25.2 Å². The van der Waals surface area contributed by atoms with Crippen LogP contribution in [0.5, 0.6) is 0 Å². The molecule has 2 saturated heterocycles. The number of sulfone groups is 1. The summed E-state index contributed by atoms with van der Waals surface area (Å²) >= 11 is 0. The number of amides is 2. The van der Waals surface area contributed by atoms with Gasteiger partial charge < -0.3 is 10.2 Å². The number of anilines is 2.